The van der Waals surface area contributed by atoms with Gasteiger partial charge in [-0.1, -0.05) is 12.1 Å². The maximum absolute atomic E-state index is 10.3. The van der Waals surface area contributed by atoms with Gasteiger partial charge in [-0.2, -0.15) is 5.10 Å². The highest BCUT2D eigenvalue weighted by Crippen LogP contribution is 2.33. The highest BCUT2D eigenvalue weighted by molar-refractivity contribution is 6.01. The predicted octanol–water partition coefficient (Wildman–Crippen LogP) is 3.40. The van der Waals surface area contributed by atoms with Gasteiger partial charge in [-0.25, -0.2) is 9.97 Å². The highest BCUT2D eigenvalue weighted by Gasteiger charge is 2.24. The minimum absolute atomic E-state index is 0.104. The number of rotatable bonds is 8. The van der Waals surface area contributed by atoms with Gasteiger partial charge < -0.3 is 30.9 Å². The smallest absolute Gasteiger partial charge is 0.235 e. The van der Waals surface area contributed by atoms with E-state index in [1.54, 1.807) is 6.07 Å². The molecule has 0 saturated carbocycles. The maximum atomic E-state index is 10.3. The number of hydrogen-bond donors (Lipinski definition) is 5. The monoisotopic (exact) mass is 557 g/mol. The number of nitrogen functional groups attached to an aromatic ring is 1. The summed E-state index contributed by atoms with van der Waals surface area (Å²) in [5, 5.41) is 18.4. The summed E-state index contributed by atoms with van der Waals surface area (Å²) in [6.07, 6.45) is 5.76. The van der Waals surface area contributed by atoms with Crippen LogP contribution in [-0.4, -0.2) is 78.9 Å². The summed E-state index contributed by atoms with van der Waals surface area (Å²) in [4.78, 5) is 24.9. The third kappa shape index (κ3) is 6.30. The summed E-state index contributed by atoms with van der Waals surface area (Å²) >= 11 is 0. The summed E-state index contributed by atoms with van der Waals surface area (Å²) in [6.45, 7) is 6.16. The van der Waals surface area contributed by atoms with Crippen molar-refractivity contribution >= 4 is 40.5 Å². The number of nitrogens with two attached hydrogens (primary N) is 1. The van der Waals surface area contributed by atoms with Crippen molar-refractivity contribution in [3.8, 4) is 17.1 Å². The molecule has 13 nitrogen and oxygen atoms in total. The Morgan fingerprint density at radius 3 is 2.83 bits per heavy atom. The average Bonchev–Trinajstić information content (AvgIpc) is 3.75. The number of likely N-dealkylation sites (tertiary alicyclic amines) is 1. The molecule has 1 aromatic carbocycles. The van der Waals surface area contributed by atoms with Gasteiger partial charge in [0.1, 0.15) is 18.2 Å². The molecule has 5 aromatic rings. The topological polar surface area (TPSA) is 168 Å². The van der Waals surface area contributed by atoms with Crippen molar-refractivity contribution in [3.05, 3.63) is 54.0 Å². The summed E-state index contributed by atoms with van der Waals surface area (Å²) in [6, 6.07) is 9.80. The van der Waals surface area contributed by atoms with Crippen LogP contribution in [0.5, 0.6) is 5.88 Å². The van der Waals surface area contributed by atoms with Gasteiger partial charge in [0.2, 0.25) is 11.8 Å². The van der Waals surface area contributed by atoms with E-state index in [2.05, 4.69) is 42.0 Å². The van der Waals surface area contributed by atoms with Crippen LogP contribution in [0.3, 0.4) is 0 Å². The van der Waals surface area contributed by atoms with Crippen LogP contribution in [0.1, 0.15) is 17.7 Å². The van der Waals surface area contributed by atoms with Gasteiger partial charge in [0.25, 0.3) is 0 Å². The highest BCUT2D eigenvalue weighted by atomic mass is 16.5. The van der Waals surface area contributed by atoms with E-state index in [-0.39, 0.29) is 6.10 Å². The molecule has 0 bridgehead atoms. The number of carbonyl (C=O) groups excluding carboxylic acids is 1. The van der Waals surface area contributed by atoms with E-state index < -0.39 is 0 Å². The van der Waals surface area contributed by atoms with E-state index in [1.807, 2.05) is 68.1 Å². The molecule has 4 aromatic heterocycles. The molecule has 1 fully saturated rings. The standard InChI is InChI=1S/C19H21N7.C9H14N4O2/c1-11-9-22-19(23-16-8-12(2)26(4)25-16)24-17(11)14-10-21-18-13(14)6-5-7-15(18)20-3;10-8-5-9(12-11-8)15-7-1-2-13(6-7)3-4-14/h5-10,20-21H,1-4H3,(H,22,23,24,25);4-5,7H,1-3,6H2,(H3,10,11,12). The SMILES string of the molecule is CNc1cccc2c(-c3nc(Nc4cc(C)n(C)n4)ncc3C)c[nH]c12.Nc1cc(OC2CCN(CC=O)C2)n[nH]1. The Balaban J connectivity index is 0.000000191. The summed E-state index contributed by atoms with van der Waals surface area (Å²) in [5.41, 5.74) is 11.6. The Labute approximate surface area is 237 Å². The zero-order valence-electron chi connectivity index (χ0n) is 23.6. The number of para-hydroxylation sites is 1. The molecule has 1 unspecified atom stereocenters. The number of aromatic amines is 2. The lowest BCUT2D eigenvalue weighted by molar-refractivity contribution is -0.108. The van der Waals surface area contributed by atoms with Gasteiger partial charge in [0.15, 0.2) is 5.82 Å². The maximum Gasteiger partial charge on any atom is 0.235 e. The average molecular weight is 558 g/mol. The van der Waals surface area contributed by atoms with Crippen LogP contribution in [0.4, 0.5) is 23.3 Å². The molecule has 5 heterocycles. The van der Waals surface area contributed by atoms with Crippen molar-refractivity contribution in [2.75, 3.05) is 43.0 Å². The van der Waals surface area contributed by atoms with Crippen LogP contribution in [0.15, 0.2) is 42.7 Å². The molecular formula is C28H35N11O2. The number of nitrogens with zero attached hydrogens (tertiary/aromatic N) is 6. The second-order valence-corrected chi connectivity index (χ2v) is 9.94. The van der Waals surface area contributed by atoms with E-state index in [9.17, 15) is 4.79 Å². The lowest BCUT2D eigenvalue weighted by atomic mass is 10.1. The quantitative estimate of drug-likeness (QED) is 0.178. The fourth-order valence-corrected chi connectivity index (χ4v) is 4.78. The molecule has 6 N–H and O–H groups in total. The molecule has 0 amide bonds. The van der Waals surface area contributed by atoms with E-state index in [4.69, 9.17) is 15.5 Å². The molecule has 1 aliphatic heterocycles. The Bertz CT molecular complexity index is 1620. The van der Waals surface area contributed by atoms with Gasteiger partial charge in [-0.05, 0) is 31.9 Å². The number of nitrogens with one attached hydrogen (secondary N) is 4. The first-order valence-corrected chi connectivity index (χ1v) is 13.4. The molecule has 214 valence electrons. The van der Waals surface area contributed by atoms with Crippen LogP contribution in [0, 0.1) is 13.8 Å². The van der Waals surface area contributed by atoms with Crippen LogP contribution >= 0.6 is 0 Å². The number of anilines is 4. The predicted molar refractivity (Wildman–Crippen MR) is 159 cm³/mol. The summed E-state index contributed by atoms with van der Waals surface area (Å²) in [5.74, 6) is 2.28. The van der Waals surface area contributed by atoms with Crippen molar-refractivity contribution in [1.82, 2.24) is 39.8 Å². The molecule has 0 spiro atoms. The molecule has 0 aliphatic carbocycles. The Morgan fingerprint density at radius 1 is 1.27 bits per heavy atom. The fraction of sp³-hybridized carbons (Fsp3) is 0.321. The lowest BCUT2D eigenvalue weighted by Gasteiger charge is -2.12. The minimum Gasteiger partial charge on any atom is -0.472 e. The Kier molecular flexibility index (Phi) is 8.15. The first-order valence-electron chi connectivity index (χ1n) is 13.4. The Hall–Kier alpha value is -4.91. The third-order valence-electron chi connectivity index (χ3n) is 6.99. The number of hydrogen-bond acceptors (Lipinski definition) is 10. The second kappa shape index (κ2) is 12.1. The van der Waals surface area contributed by atoms with Crippen LogP contribution in [0.2, 0.25) is 0 Å². The minimum atomic E-state index is 0.104. The zero-order chi connectivity index (χ0) is 28.9. The largest absolute Gasteiger partial charge is 0.472 e. The molecule has 1 aliphatic rings. The van der Waals surface area contributed by atoms with E-state index >= 15 is 0 Å². The van der Waals surface area contributed by atoms with Crippen molar-refractivity contribution in [1.29, 1.82) is 0 Å². The number of aldehydes is 1. The number of H-pyrrole nitrogens is 2. The fourth-order valence-electron chi connectivity index (χ4n) is 4.78. The first-order chi connectivity index (χ1) is 19.8. The van der Waals surface area contributed by atoms with Crippen molar-refractivity contribution < 1.29 is 9.53 Å². The van der Waals surface area contributed by atoms with Crippen molar-refractivity contribution in [3.63, 3.8) is 0 Å². The molecule has 41 heavy (non-hydrogen) atoms. The summed E-state index contributed by atoms with van der Waals surface area (Å²) < 4.78 is 7.41. The second-order valence-electron chi connectivity index (χ2n) is 9.94. The van der Waals surface area contributed by atoms with Crippen LogP contribution < -0.4 is 21.1 Å². The number of fused-ring (bicyclic) bond motifs is 1. The van der Waals surface area contributed by atoms with Gasteiger partial charge in [-0.15, -0.1) is 5.10 Å². The zero-order valence-corrected chi connectivity index (χ0v) is 23.6. The van der Waals surface area contributed by atoms with Gasteiger partial charge >= 0.3 is 0 Å². The molecule has 1 atom stereocenters. The molecule has 1 saturated heterocycles. The number of carbonyl (C=O) groups is 1. The van der Waals surface area contributed by atoms with E-state index in [0.29, 0.717) is 24.2 Å². The lowest BCUT2D eigenvalue weighted by Crippen LogP contribution is -2.26. The van der Waals surface area contributed by atoms with Gasteiger partial charge in [0, 0.05) is 68.4 Å². The van der Waals surface area contributed by atoms with Gasteiger partial charge in [0.05, 0.1) is 23.4 Å². The van der Waals surface area contributed by atoms with Crippen molar-refractivity contribution in [2.45, 2.75) is 26.4 Å². The third-order valence-corrected chi connectivity index (χ3v) is 6.99. The number of ether oxygens (including phenoxy) is 1. The first kappa shape index (κ1) is 27.6. The molecule has 0 radical (unpaired) electrons. The summed E-state index contributed by atoms with van der Waals surface area (Å²) in [7, 11) is 3.83. The van der Waals surface area contributed by atoms with E-state index in [0.717, 1.165) is 70.7 Å². The Morgan fingerprint density at radius 2 is 2.12 bits per heavy atom. The number of aryl methyl sites for hydroxylation is 3. The normalized spacial score (nSPS) is 15.0. The van der Waals surface area contributed by atoms with Gasteiger partial charge in [-0.3, -0.25) is 14.7 Å². The van der Waals surface area contributed by atoms with Crippen LogP contribution in [-0.2, 0) is 11.8 Å². The molecule has 6 rings (SSSR count). The van der Waals surface area contributed by atoms with E-state index in [1.165, 1.54) is 0 Å². The number of benzene rings is 1. The van der Waals surface area contributed by atoms with Crippen molar-refractivity contribution in [2.24, 2.45) is 7.05 Å². The van der Waals surface area contributed by atoms with Crippen LogP contribution in [0.25, 0.3) is 22.2 Å². The number of aromatic nitrogens is 7. The molecule has 13 heteroatoms. The molecular weight excluding hydrogens is 522 g/mol.